The van der Waals surface area contributed by atoms with E-state index in [9.17, 15) is 0 Å². The van der Waals surface area contributed by atoms with Crippen LogP contribution in [-0.4, -0.2) is 6.21 Å². The minimum Gasteiger partial charge on any atom is -0.398 e. The molecule has 0 radical (unpaired) electrons. The molecule has 0 fully saturated rings. The van der Waals surface area contributed by atoms with Gasteiger partial charge in [0.1, 0.15) is 0 Å². The maximum Gasteiger partial charge on any atom is 0.0403 e. The summed E-state index contributed by atoms with van der Waals surface area (Å²) in [5.74, 6) is 0. The Balaban J connectivity index is 2.19. The van der Waals surface area contributed by atoms with E-state index in [2.05, 4.69) is 74.5 Å². The molecule has 148 valence electrons. The summed E-state index contributed by atoms with van der Waals surface area (Å²) in [6, 6.07) is 25.5. The number of hydrogen-bond acceptors (Lipinski definition) is 2. The highest BCUT2D eigenvalue weighted by atomic mass is 14.6. The van der Waals surface area contributed by atoms with Gasteiger partial charge in [0, 0.05) is 17.5 Å². The number of aryl methyl sites for hydroxylation is 1. The van der Waals surface area contributed by atoms with Crippen LogP contribution in [0.5, 0.6) is 0 Å². The Morgan fingerprint density at radius 2 is 1.55 bits per heavy atom. The van der Waals surface area contributed by atoms with Crippen LogP contribution in [0.2, 0.25) is 0 Å². The van der Waals surface area contributed by atoms with Gasteiger partial charge >= 0.3 is 0 Å². The molecule has 29 heavy (non-hydrogen) atoms. The van der Waals surface area contributed by atoms with E-state index in [1.54, 1.807) is 0 Å². The van der Waals surface area contributed by atoms with E-state index in [4.69, 9.17) is 11.1 Å². The van der Waals surface area contributed by atoms with E-state index in [0.717, 1.165) is 24.0 Å². The fourth-order valence-electron chi connectivity index (χ4n) is 3.75. The first-order valence-corrected chi connectivity index (χ1v) is 10.5. The second kappa shape index (κ2) is 9.88. The van der Waals surface area contributed by atoms with Crippen LogP contribution in [0.4, 0.5) is 5.69 Å². The van der Waals surface area contributed by atoms with Crippen LogP contribution < -0.4 is 5.73 Å². The van der Waals surface area contributed by atoms with Gasteiger partial charge in [-0.2, -0.15) is 0 Å². The zero-order valence-corrected chi connectivity index (χ0v) is 17.4. The van der Waals surface area contributed by atoms with E-state index in [-0.39, 0.29) is 0 Å². The first-order valence-electron chi connectivity index (χ1n) is 10.5. The molecule has 0 unspecified atom stereocenters. The molecule has 3 aromatic rings. The lowest BCUT2D eigenvalue weighted by molar-refractivity contribution is 0.795. The molecule has 3 rings (SSSR count). The first kappa shape index (κ1) is 20.6. The summed E-state index contributed by atoms with van der Waals surface area (Å²) in [4.78, 5) is 0. The summed E-state index contributed by atoms with van der Waals surface area (Å²) >= 11 is 0. The van der Waals surface area contributed by atoms with Gasteiger partial charge in [0.15, 0.2) is 0 Å². The van der Waals surface area contributed by atoms with Crippen LogP contribution in [0, 0.1) is 5.41 Å². The standard InChI is InChI=1S/C27H30N2/c1-3-5-9-20-12-14-22(15-13-20)27(23-16-17-26(29)24(18-23)19-28)25(4-2)21-10-7-6-8-11-21/h6-8,10-19,28H,3-5,9,29H2,1-2H3/b27-25+,28-19?. The minimum atomic E-state index is 0.635. The predicted molar refractivity (Wildman–Crippen MR) is 126 cm³/mol. The lowest BCUT2D eigenvalue weighted by Crippen LogP contribution is -1.99. The number of nitrogens with one attached hydrogen (secondary N) is 1. The molecule has 0 aromatic heterocycles. The Morgan fingerprint density at radius 3 is 2.17 bits per heavy atom. The maximum atomic E-state index is 7.71. The van der Waals surface area contributed by atoms with Crippen molar-refractivity contribution in [1.82, 2.24) is 0 Å². The molecule has 0 amide bonds. The van der Waals surface area contributed by atoms with Crippen molar-refractivity contribution in [3.8, 4) is 0 Å². The maximum absolute atomic E-state index is 7.71. The minimum absolute atomic E-state index is 0.635. The van der Waals surface area contributed by atoms with Crippen molar-refractivity contribution in [2.24, 2.45) is 0 Å². The number of anilines is 1. The highest BCUT2D eigenvalue weighted by Gasteiger charge is 2.14. The lowest BCUT2D eigenvalue weighted by Gasteiger charge is -2.17. The highest BCUT2D eigenvalue weighted by Crippen LogP contribution is 2.35. The van der Waals surface area contributed by atoms with Gasteiger partial charge in [-0.1, -0.05) is 80.9 Å². The van der Waals surface area contributed by atoms with E-state index < -0.39 is 0 Å². The molecule has 0 atom stereocenters. The van der Waals surface area contributed by atoms with Gasteiger partial charge in [0.2, 0.25) is 0 Å². The quantitative estimate of drug-likeness (QED) is 0.246. The summed E-state index contributed by atoms with van der Waals surface area (Å²) in [5.41, 5.74) is 14.9. The highest BCUT2D eigenvalue weighted by molar-refractivity contribution is 6.00. The summed E-state index contributed by atoms with van der Waals surface area (Å²) in [6.45, 7) is 4.43. The molecule has 0 heterocycles. The fraction of sp³-hybridized carbons (Fsp3) is 0.222. The Morgan fingerprint density at radius 1 is 0.862 bits per heavy atom. The Bertz CT molecular complexity index is 983. The number of benzene rings is 3. The molecule has 0 saturated carbocycles. The van der Waals surface area contributed by atoms with Crippen LogP contribution >= 0.6 is 0 Å². The molecule has 0 aliphatic carbocycles. The molecule has 0 aliphatic rings. The van der Waals surface area contributed by atoms with Gasteiger partial charge < -0.3 is 11.1 Å². The fourth-order valence-corrected chi connectivity index (χ4v) is 3.75. The van der Waals surface area contributed by atoms with Gasteiger partial charge in [-0.25, -0.2) is 0 Å². The largest absolute Gasteiger partial charge is 0.398 e. The van der Waals surface area contributed by atoms with Gasteiger partial charge in [-0.3, -0.25) is 0 Å². The Hall–Kier alpha value is -3.13. The van der Waals surface area contributed by atoms with Crippen molar-refractivity contribution in [3.63, 3.8) is 0 Å². The summed E-state index contributed by atoms with van der Waals surface area (Å²) in [5, 5.41) is 7.71. The van der Waals surface area contributed by atoms with E-state index in [1.165, 1.54) is 46.9 Å². The molecule has 0 bridgehead atoms. The molecular weight excluding hydrogens is 352 g/mol. The van der Waals surface area contributed by atoms with Crippen molar-refractivity contribution in [2.75, 3.05) is 5.73 Å². The van der Waals surface area contributed by atoms with E-state index >= 15 is 0 Å². The summed E-state index contributed by atoms with van der Waals surface area (Å²) in [6.07, 6.45) is 5.79. The van der Waals surface area contributed by atoms with Gasteiger partial charge in [-0.15, -0.1) is 0 Å². The third-order valence-electron chi connectivity index (χ3n) is 5.37. The molecule has 0 spiro atoms. The average Bonchev–Trinajstić information content (AvgIpc) is 2.77. The van der Waals surface area contributed by atoms with Gasteiger partial charge in [-0.05, 0) is 64.8 Å². The molecule has 3 aromatic carbocycles. The first-order chi connectivity index (χ1) is 14.2. The van der Waals surface area contributed by atoms with E-state index in [0.29, 0.717) is 5.69 Å². The molecule has 3 N–H and O–H groups in total. The number of rotatable bonds is 8. The van der Waals surface area contributed by atoms with Crippen LogP contribution in [0.3, 0.4) is 0 Å². The SMILES string of the molecule is CCCCc1ccc(/C(=C(/CC)c2ccccc2)c2ccc(N)c(C=N)c2)cc1. The molecule has 0 aliphatic heterocycles. The predicted octanol–water partition coefficient (Wildman–Crippen LogP) is 6.98. The lowest BCUT2D eigenvalue weighted by atomic mass is 9.87. The topological polar surface area (TPSA) is 49.9 Å². The average molecular weight is 383 g/mol. The number of nitrogens with two attached hydrogens (primary N) is 1. The number of nitrogen functional groups attached to an aromatic ring is 1. The second-order valence-electron chi connectivity index (χ2n) is 7.36. The van der Waals surface area contributed by atoms with Crippen molar-refractivity contribution in [2.45, 2.75) is 39.5 Å². The summed E-state index contributed by atoms with van der Waals surface area (Å²) < 4.78 is 0. The Labute approximate surface area is 174 Å². The molecule has 2 nitrogen and oxygen atoms in total. The second-order valence-corrected chi connectivity index (χ2v) is 7.36. The van der Waals surface area contributed by atoms with Crippen LogP contribution in [0.1, 0.15) is 60.9 Å². The third kappa shape index (κ3) is 4.83. The van der Waals surface area contributed by atoms with Crippen molar-refractivity contribution >= 4 is 23.0 Å². The third-order valence-corrected chi connectivity index (χ3v) is 5.37. The zero-order chi connectivity index (χ0) is 20.6. The van der Waals surface area contributed by atoms with Crippen LogP contribution in [0.15, 0.2) is 72.8 Å². The van der Waals surface area contributed by atoms with Crippen LogP contribution in [0.25, 0.3) is 11.1 Å². The van der Waals surface area contributed by atoms with E-state index in [1.807, 2.05) is 12.1 Å². The smallest absolute Gasteiger partial charge is 0.0403 e. The number of hydrogen-bond donors (Lipinski definition) is 2. The monoisotopic (exact) mass is 382 g/mol. The van der Waals surface area contributed by atoms with Crippen molar-refractivity contribution in [1.29, 1.82) is 5.41 Å². The zero-order valence-electron chi connectivity index (χ0n) is 17.4. The number of allylic oxidation sites excluding steroid dienone is 1. The molecular formula is C27H30N2. The Kier molecular flexibility index (Phi) is 7.02. The van der Waals surface area contributed by atoms with Gasteiger partial charge in [0.25, 0.3) is 0 Å². The van der Waals surface area contributed by atoms with Crippen molar-refractivity contribution in [3.05, 3.63) is 101 Å². The summed E-state index contributed by atoms with van der Waals surface area (Å²) in [7, 11) is 0. The van der Waals surface area contributed by atoms with Crippen molar-refractivity contribution < 1.29 is 0 Å². The van der Waals surface area contributed by atoms with Gasteiger partial charge in [0.05, 0.1) is 0 Å². The normalized spacial score (nSPS) is 11.8. The number of unbranched alkanes of at least 4 members (excludes halogenated alkanes) is 1. The van der Waals surface area contributed by atoms with Crippen LogP contribution in [-0.2, 0) is 6.42 Å². The molecule has 2 heteroatoms. The molecule has 0 saturated heterocycles.